The summed E-state index contributed by atoms with van der Waals surface area (Å²) in [5.74, 6) is 0.691. The van der Waals surface area contributed by atoms with Crippen molar-refractivity contribution in [3.63, 3.8) is 0 Å². The third-order valence-electron chi connectivity index (χ3n) is 3.58. The smallest absolute Gasteiger partial charge is 0.231 e. The van der Waals surface area contributed by atoms with Crippen molar-refractivity contribution in [2.75, 3.05) is 6.79 Å². The van der Waals surface area contributed by atoms with Gasteiger partial charge in [-0.2, -0.15) is 0 Å². The maximum atomic E-state index is 14.3. The molecule has 0 saturated heterocycles. The van der Waals surface area contributed by atoms with E-state index in [1.807, 2.05) is 0 Å². The molecule has 1 heterocycles. The van der Waals surface area contributed by atoms with Crippen LogP contribution in [-0.4, -0.2) is 6.79 Å². The molecule has 0 bridgehead atoms. The summed E-state index contributed by atoms with van der Waals surface area (Å²) in [6, 6.07) is 1.69. The fourth-order valence-corrected chi connectivity index (χ4v) is 3.14. The molecule has 17 heavy (non-hydrogen) atoms. The highest BCUT2D eigenvalue weighted by Gasteiger charge is 2.37. The number of ether oxygens (including phenoxy) is 2. The number of nitrogens with two attached hydrogens (primary N) is 1. The van der Waals surface area contributed by atoms with Gasteiger partial charge in [-0.1, -0.05) is 12.8 Å². The van der Waals surface area contributed by atoms with E-state index in [9.17, 15) is 4.39 Å². The minimum atomic E-state index is -0.562. The number of halogens is 2. The lowest BCUT2D eigenvalue weighted by molar-refractivity contribution is 0.173. The Balaban J connectivity index is 2.14. The van der Waals surface area contributed by atoms with Crippen molar-refractivity contribution < 1.29 is 13.9 Å². The first-order chi connectivity index (χ1) is 8.12. The van der Waals surface area contributed by atoms with Gasteiger partial charge in [0.15, 0.2) is 11.5 Å². The Morgan fingerprint density at radius 2 is 2.00 bits per heavy atom. The van der Waals surface area contributed by atoms with Crippen LogP contribution in [0.3, 0.4) is 0 Å². The molecule has 1 saturated carbocycles. The van der Waals surface area contributed by atoms with Crippen molar-refractivity contribution in [3.05, 3.63) is 21.9 Å². The molecule has 92 valence electrons. The molecular formula is C12H13BrFNO2. The molecular weight excluding hydrogens is 289 g/mol. The lowest BCUT2D eigenvalue weighted by Crippen LogP contribution is -2.34. The van der Waals surface area contributed by atoms with E-state index in [1.165, 1.54) is 0 Å². The summed E-state index contributed by atoms with van der Waals surface area (Å²) in [5.41, 5.74) is 6.26. The Bertz CT molecular complexity index is 472. The second kappa shape index (κ2) is 3.85. The number of rotatable bonds is 1. The molecule has 0 aromatic heterocycles. The molecule has 0 spiro atoms. The summed E-state index contributed by atoms with van der Waals surface area (Å²) in [7, 11) is 0. The average molecular weight is 302 g/mol. The van der Waals surface area contributed by atoms with E-state index in [4.69, 9.17) is 15.2 Å². The maximum absolute atomic E-state index is 14.3. The fraction of sp³-hybridized carbons (Fsp3) is 0.500. The van der Waals surface area contributed by atoms with Crippen molar-refractivity contribution in [1.29, 1.82) is 0 Å². The van der Waals surface area contributed by atoms with Crippen molar-refractivity contribution in [2.24, 2.45) is 5.73 Å². The van der Waals surface area contributed by atoms with E-state index in [0.717, 1.165) is 25.7 Å². The minimum absolute atomic E-state index is 0.133. The van der Waals surface area contributed by atoms with Crippen molar-refractivity contribution in [1.82, 2.24) is 0 Å². The number of benzene rings is 1. The first-order valence-electron chi connectivity index (χ1n) is 5.69. The van der Waals surface area contributed by atoms with E-state index in [0.29, 0.717) is 21.5 Å². The zero-order chi connectivity index (χ0) is 12.0. The second-order valence-electron chi connectivity index (χ2n) is 4.65. The van der Waals surface area contributed by atoms with E-state index < -0.39 is 5.54 Å². The predicted molar refractivity (Wildman–Crippen MR) is 64.6 cm³/mol. The molecule has 0 amide bonds. The standard InChI is InChI=1S/C12H13BrFNO2/c13-9-10(14)7(12(15)3-1-2-4-12)5-8-11(9)17-6-16-8/h5H,1-4,6,15H2. The first kappa shape index (κ1) is 11.3. The van der Waals surface area contributed by atoms with Gasteiger partial charge < -0.3 is 15.2 Å². The zero-order valence-corrected chi connectivity index (χ0v) is 10.8. The minimum Gasteiger partial charge on any atom is -0.454 e. The largest absolute Gasteiger partial charge is 0.454 e. The van der Waals surface area contributed by atoms with Gasteiger partial charge in [-0.15, -0.1) is 0 Å². The summed E-state index contributed by atoms with van der Waals surface area (Å²) >= 11 is 3.22. The molecule has 1 aliphatic carbocycles. The van der Waals surface area contributed by atoms with Gasteiger partial charge in [-0.25, -0.2) is 4.39 Å². The normalized spacial score (nSPS) is 20.9. The number of hydrogen-bond donors (Lipinski definition) is 1. The third kappa shape index (κ3) is 1.64. The van der Waals surface area contributed by atoms with Crippen LogP contribution in [0.4, 0.5) is 4.39 Å². The van der Waals surface area contributed by atoms with Crippen LogP contribution in [0.5, 0.6) is 11.5 Å². The molecule has 3 rings (SSSR count). The molecule has 2 aliphatic rings. The SMILES string of the molecule is NC1(c2cc3c(c(Br)c2F)OCO3)CCCC1. The van der Waals surface area contributed by atoms with Crippen LogP contribution in [-0.2, 0) is 5.54 Å². The van der Waals surface area contributed by atoms with Crippen LogP contribution >= 0.6 is 15.9 Å². The highest BCUT2D eigenvalue weighted by molar-refractivity contribution is 9.10. The molecule has 2 N–H and O–H groups in total. The second-order valence-corrected chi connectivity index (χ2v) is 5.44. The first-order valence-corrected chi connectivity index (χ1v) is 6.48. The van der Waals surface area contributed by atoms with E-state index in [1.54, 1.807) is 6.07 Å². The van der Waals surface area contributed by atoms with Crippen molar-refractivity contribution in [2.45, 2.75) is 31.2 Å². The topological polar surface area (TPSA) is 44.5 Å². The van der Waals surface area contributed by atoms with Gasteiger partial charge in [0.25, 0.3) is 0 Å². The van der Waals surface area contributed by atoms with Crippen LogP contribution < -0.4 is 15.2 Å². The predicted octanol–water partition coefficient (Wildman–Crippen LogP) is 3.04. The molecule has 0 unspecified atom stereocenters. The summed E-state index contributed by atoms with van der Waals surface area (Å²) in [6.07, 6.45) is 3.72. The van der Waals surface area contributed by atoms with Gasteiger partial charge in [0, 0.05) is 11.1 Å². The molecule has 1 aromatic rings. The van der Waals surface area contributed by atoms with Crippen molar-refractivity contribution >= 4 is 15.9 Å². The summed E-state index contributed by atoms with van der Waals surface area (Å²) in [4.78, 5) is 0. The summed E-state index contributed by atoms with van der Waals surface area (Å²) in [5, 5.41) is 0. The Labute approximate surface area is 107 Å². The lowest BCUT2D eigenvalue weighted by atomic mass is 9.88. The van der Waals surface area contributed by atoms with E-state index >= 15 is 0 Å². The van der Waals surface area contributed by atoms with Crippen LogP contribution in [0.1, 0.15) is 31.2 Å². The van der Waals surface area contributed by atoms with Gasteiger partial charge in [0.2, 0.25) is 6.79 Å². The van der Waals surface area contributed by atoms with Gasteiger partial charge in [-0.05, 0) is 34.8 Å². The number of fused-ring (bicyclic) bond motifs is 1. The Hall–Kier alpha value is -0.810. The van der Waals surface area contributed by atoms with Gasteiger partial charge in [0.05, 0.1) is 4.47 Å². The summed E-state index contributed by atoms with van der Waals surface area (Å²) < 4.78 is 25.1. The van der Waals surface area contributed by atoms with Crippen LogP contribution in [0.15, 0.2) is 10.5 Å². The zero-order valence-electron chi connectivity index (χ0n) is 9.26. The maximum Gasteiger partial charge on any atom is 0.231 e. The molecule has 1 aromatic carbocycles. The quantitative estimate of drug-likeness (QED) is 0.867. The highest BCUT2D eigenvalue weighted by Crippen LogP contribution is 2.47. The fourth-order valence-electron chi connectivity index (χ4n) is 2.62. The monoisotopic (exact) mass is 301 g/mol. The van der Waals surface area contributed by atoms with Crippen LogP contribution in [0, 0.1) is 5.82 Å². The molecule has 0 radical (unpaired) electrons. The van der Waals surface area contributed by atoms with E-state index in [2.05, 4.69) is 15.9 Å². The molecule has 1 fully saturated rings. The Kier molecular flexibility index (Phi) is 2.56. The van der Waals surface area contributed by atoms with Crippen molar-refractivity contribution in [3.8, 4) is 11.5 Å². The lowest BCUT2D eigenvalue weighted by Gasteiger charge is -2.25. The van der Waals surface area contributed by atoms with Crippen LogP contribution in [0.2, 0.25) is 0 Å². The van der Waals surface area contributed by atoms with Gasteiger partial charge >= 0.3 is 0 Å². The molecule has 5 heteroatoms. The molecule has 0 atom stereocenters. The van der Waals surface area contributed by atoms with Gasteiger partial charge in [-0.3, -0.25) is 0 Å². The third-order valence-corrected chi connectivity index (χ3v) is 4.29. The molecule has 3 nitrogen and oxygen atoms in total. The average Bonchev–Trinajstić information content (AvgIpc) is 2.92. The number of hydrogen-bond acceptors (Lipinski definition) is 3. The Morgan fingerprint density at radius 3 is 2.71 bits per heavy atom. The summed E-state index contributed by atoms with van der Waals surface area (Å²) in [6.45, 7) is 0.133. The van der Waals surface area contributed by atoms with E-state index in [-0.39, 0.29) is 12.6 Å². The Morgan fingerprint density at radius 1 is 1.29 bits per heavy atom. The highest BCUT2D eigenvalue weighted by atomic mass is 79.9. The molecule has 1 aliphatic heterocycles. The van der Waals surface area contributed by atoms with Gasteiger partial charge in [0.1, 0.15) is 5.82 Å². The van der Waals surface area contributed by atoms with Crippen LogP contribution in [0.25, 0.3) is 0 Å².